The van der Waals surface area contributed by atoms with Crippen molar-refractivity contribution >= 4 is 5.97 Å². The molecule has 0 aromatic heterocycles. The fourth-order valence-electron chi connectivity index (χ4n) is 1.58. The average molecular weight is 244 g/mol. The fourth-order valence-corrected chi connectivity index (χ4v) is 1.58. The molecular formula is C12H11F3O2. The summed E-state index contributed by atoms with van der Waals surface area (Å²) in [6.45, 7) is 3.12. The molecule has 0 saturated carbocycles. The lowest BCUT2D eigenvalue weighted by atomic mass is 9.80. The van der Waals surface area contributed by atoms with E-state index in [0.717, 1.165) is 7.11 Å². The molecule has 0 unspecified atom stereocenters. The summed E-state index contributed by atoms with van der Waals surface area (Å²) in [6.07, 6.45) is -4.24. The Morgan fingerprint density at radius 3 is 2.18 bits per heavy atom. The second-order valence-corrected chi connectivity index (χ2v) is 3.37. The molecule has 0 aliphatic carbocycles. The van der Waals surface area contributed by atoms with Gasteiger partial charge in [-0.3, -0.25) is 4.79 Å². The lowest BCUT2D eigenvalue weighted by Gasteiger charge is -2.30. The standard InChI is InChI=1S/C12H11F3O2/c1-3-11(10(16)17-2,12(13,14)15)9-7-5-4-6-8-9/h3-8H,1H2,2H3/t11-/m1/s1. The van der Waals surface area contributed by atoms with Gasteiger partial charge < -0.3 is 4.74 Å². The van der Waals surface area contributed by atoms with Crippen LogP contribution in [0.25, 0.3) is 0 Å². The zero-order valence-corrected chi connectivity index (χ0v) is 9.12. The van der Waals surface area contributed by atoms with E-state index in [4.69, 9.17) is 0 Å². The van der Waals surface area contributed by atoms with Crippen LogP contribution in [-0.4, -0.2) is 19.3 Å². The number of carbonyl (C=O) groups excluding carboxylic acids is 1. The molecule has 1 rings (SSSR count). The van der Waals surface area contributed by atoms with E-state index in [1.165, 1.54) is 24.3 Å². The fraction of sp³-hybridized carbons (Fsp3) is 0.250. The molecule has 17 heavy (non-hydrogen) atoms. The van der Waals surface area contributed by atoms with Crippen LogP contribution in [0.15, 0.2) is 43.0 Å². The lowest BCUT2D eigenvalue weighted by molar-refractivity contribution is -0.196. The van der Waals surface area contributed by atoms with E-state index in [2.05, 4.69) is 11.3 Å². The third-order valence-electron chi connectivity index (χ3n) is 2.49. The zero-order valence-electron chi connectivity index (χ0n) is 9.12. The molecule has 5 heteroatoms. The van der Waals surface area contributed by atoms with Gasteiger partial charge in [0.05, 0.1) is 7.11 Å². The predicted molar refractivity (Wildman–Crippen MR) is 56.4 cm³/mol. The molecule has 0 spiro atoms. The Labute approximate surface area is 96.7 Å². The van der Waals surface area contributed by atoms with Crippen LogP contribution in [0.3, 0.4) is 0 Å². The number of hydrogen-bond donors (Lipinski definition) is 0. The van der Waals surface area contributed by atoms with Crippen LogP contribution >= 0.6 is 0 Å². The van der Waals surface area contributed by atoms with Gasteiger partial charge in [-0.2, -0.15) is 13.2 Å². The highest BCUT2D eigenvalue weighted by Gasteiger charge is 2.60. The van der Waals surface area contributed by atoms with Crippen molar-refractivity contribution in [3.05, 3.63) is 48.6 Å². The summed E-state index contributed by atoms with van der Waals surface area (Å²) >= 11 is 0. The zero-order chi connectivity index (χ0) is 13.1. The van der Waals surface area contributed by atoms with Crippen molar-refractivity contribution < 1.29 is 22.7 Å². The normalized spacial score (nSPS) is 14.8. The summed E-state index contributed by atoms with van der Waals surface area (Å²) in [6, 6.07) is 6.83. The van der Waals surface area contributed by atoms with Crippen LogP contribution < -0.4 is 0 Å². The molecule has 1 aromatic rings. The van der Waals surface area contributed by atoms with E-state index in [-0.39, 0.29) is 5.56 Å². The van der Waals surface area contributed by atoms with E-state index in [1.807, 2.05) is 0 Å². The number of hydrogen-bond acceptors (Lipinski definition) is 2. The van der Waals surface area contributed by atoms with Gasteiger partial charge in [0.1, 0.15) is 0 Å². The molecule has 92 valence electrons. The van der Waals surface area contributed by atoms with E-state index in [0.29, 0.717) is 6.08 Å². The minimum absolute atomic E-state index is 0.214. The summed E-state index contributed by atoms with van der Waals surface area (Å²) in [5.74, 6) is -1.40. The van der Waals surface area contributed by atoms with E-state index in [1.54, 1.807) is 6.07 Å². The second-order valence-electron chi connectivity index (χ2n) is 3.37. The summed E-state index contributed by atoms with van der Waals surface area (Å²) in [5.41, 5.74) is -3.03. The first-order chi connectivity index (χ1) is 7.90. The Balaban J connectivity index is 3.48. The van der Waals surface area contributed by atoms with Gasteiger partial charge in [-0.05, 0) is 5.56 Å². The third kappa shape index (κ3) is 2.05. The molecule has 0 N–H and O–H groups in total. The SMILES string of the molecule is C=C[C@](C(=O)OC)(c1ccccc1)C(F)(F)F. The maximum absolute atomic E-state index is 13.1. The van der Waals surface area contributed by atoms with Crippen molar-refractivity contribution in [1.82, 2.24) is 0 Å². The van der Waals surface area contributed by atoms with Crippen LogP contribution in [0.2, 0.25) is 0 Å². The first kappa shape index (κ1) is 13.3. The molecule has 0 saturated heterocycles. The molecular weight excluding hydrogens is 233 g/mol. The van der Waals surface area contributed by atoms with Crippen LogP contribution in [0, 0.1) is 0 Å². The predicted octanol–water partition coefficient (Wildman–Crippen LogP) is 2.85. The smallest absolute Gasteiger partial charge is 0.412 e. The summed E-state index contributed by atoms with van der Waals surface area (Å²) in [5, 5.41) is 0. The van der Waals surface area contributed by atoms with Gasteiger partial charge in [-0.15, -0.1) is 6.58 Å². The van der Waals surface area contributed by atoms with Gasteiger partial charge in [0.25, 0.3) is 0 Å². The van der Waals surface area contributed by atoms with Gasteiger partial charge in [0.15, 0.2) is 0 Å². The number of carbonyl (C=O) groups is 1. The van der Waals surface area contributed by atoms with Crippen molar-refractivity contribution in [2.24, 2.45) is 0 Å². The highest BCUT2D eigenvalue weighted by molar-refractivity contribution is 5.86. The second kappa shape index (κ2) is 4.61. The number of alkyl halides is 3. The van der Waals surface area contributed by atoms with Crippen LogP contribution in [-0.2, 0) is 14.9 Å². The van der Waals surface area contributed by atoms with Gasteiger partial charge >= 0.3 is 12.1 Å². The molecule has 0 bridgehead atoms. The lowest BCUT2D eigenvalue weighted by Crippen LogP contribution is -2.48. The molecule has 2 nitrogen and oxygen atoms in total. The Kier molecular flexibility index (Phi) is 3.60. The monoisotopic (exact) mass is 244 g/mol. The van der Waals surface area contributed by atoms with Crippen molar-refractivity contribution in [2.45, 2.75) is 11.6 Å². The number of ether oxygens (including phenoxy) is 1. The summed E-state index contributed by atoms with van der Waals surface area (Å²) in [4.78, 5) is 11.5. The van der Waals surface area contributed by atoms with E-state index < -0.39 is 17.6 Å². The number of esters is 1. The third-order valence-corrected chi connectivity index (χ3v) is 2.49. The van der Waals surface area contributed by atoms with Gasteiger partial charge in [-0.1, -0.05) is 36.4 Å². The number of rotatable bonds is 3. The highest BCUT2D eigenvalue weighted by atomic mass is 19.4. The molecule has 0 aliphatic heterocycles. The Morgan fingerprint density at radius 1 is 1.29 bits per heavy atom. The van der Waals surface area contributed by atoms with Crippen molar-refractivity contribution in [3.8, 4) is 0 Å². The van der Waals surface area contributed by atoms with Crippen LogP contribution in [0.5, 0.6) is 0 Å². The largest absolute Gasteiger partial charge is 0.468 e. The Hall–Kier alpha value is -1.78. The summed E-state index contributed by atoms with van der Waals surface area (Å²) in [7, 11) is 0.912. The van der Waals surface area contributed by atoms with E-state index in [9.17, 15) is 18.0 Å². The van der Waals surface area contributed by atoms with Gasteiger partial charge in [-0.25, -0.2) is 0 Å². The minimum atomic E-state index is -4.80. The number of benzene rings is 1. The number of methoxy groups -OCH3 is 1. The highest BCUT2D eigenvalue weighted by Crippen LogP contribution is 2.43. The van der Waals surface area contributed by atoms with Crippen molar-refractivity contribution in [2.75, 3.05) is 7.11 Å². The first-order valence-corrected chi connectivity index (χ1v) is 4.74. The van der Waals surface area contributed by atoms with Crippen molar-refractivity contribution in [1.29, 1.82) is 0 Å². The molecule has 0 aliphatic rings. The van der Waals surface area contributed by atoms with Crippen molar-refractivity contribution in [3.63, 3.8) is 0 Å². The first-order valence-electron chi connectivity index (χ1n) is 4.74. The number of halogens is 3. The molecule has 1 atom stereocenters. The van der Waals surface area contributed by atoms with Gasteiger partial charge in [0, 0.05) is 0 Å². The van der Waals surface area contributed by atoms with Crippen LogP contribution in [0.4, 0.5) is 13.2 Å². The molecule has 0 amide bonds. The topological polar surface area (TPSA) is 26.3 Å². The Morgan fingerprint density at radius 2 is 1.82 bits per heavy atom. The Bertz CT molecular complexity index is 412. The maximum atomic E-state index is 13.1. The minimum Gasteiger partial charge on any atom is -0.468 e. The molecule has 0 fully saturated rings. The van der Waals surface area contributed by atoms with Gasteiger partial charge in [0.2, 0.25) is 5.41 Å². The maximum Gasteiger partial charge on any atom is 0.412 e. The average Bonchev–Trinajstić information content (AvgIpc) is 2.30. The summed E-state index contributed by atoms with van der Waals surface area (Å²) < 4.78 is 43.6. The molecule has 0 heterocycles. The molecule has 1 aromatic carbocycles. The molecule has 0 radical (unpaired) electrons. The van der Waals surface area contributed by atoms with Crippen LogP contribution in [0.1, 0.15) is 5.56 Å². The quantitative estimate of drug-likeness (QED) is 0.603. The van der Waals surface area contributed by atoms with E-state index >= 15 is 0 Å².